The zero-order chi connectivity index (χ0) is 30.2. The number of hydrogen-bond acceptors (Lipinski definition) is 3. The van der Waals surface area contributed by atoms with Crippen LogP contribution in [0.2, 0.25) is 0 Å². The number of amides is 1. The number of allylic oxidation sites excluding steroid dienone is 4. The number of alkyl halides is 1. The lowest BCUT2D eigenvalue weighted by atomic mass is 9.69. The Morgan fingerprint density at radius 1 is 1.10 bits per heavy atom. The van der Waals surface area contributed by atoms with E-state index in [-0.39, 0.29) is 23.1 Å². The molecule has 5 rings (SSSR count). The highest BCUT2D eigenvalue weighted by Gasteiger charge is 2.43. The monoisotopic (exact) mass is 581 g/mol. The topological polar surface area (TPSA) is 95.1 Å². The SMILES string of the molecule is CCCC(NC(=O)c1ccc(C2(C)C(c3nc4ccccc4[nH]3)=CC=C[C@@H]2Cl)c(C(=O)O)c1)c1c(C)cc(C)cc1C. The molecule has 0 saturated heterocycles. The van der Waals surface area contributed by atoms with Gasteiger partial charge in [-0.2, -0.15) is 0 Å². The summed E-state index contributed by atoms with van der Waals surface area (Å²) in [5.41, 5.74) is 6.89. The summed E-state index contributed by atoms with van der Waals surface area (Å²) < 4.78 is 0. The van der Waals surface area contributed by atoms with E-state index in [0.29, 0.717) is 11.4 Å². The maximum atomic E-state index is 13.6. The van der Waals surface area contributed by atoms with Gasteiger partial charge in [0.25, 0.3) is 5.91 Å². The van der Waals surface area contributed by atoms with Crippen LogP contribution in [0.15, 0.2) is 72.8 Å². The molecule has 1 heterocycles. The number of nitrogens with zero attached hydrogens (tertiary/aromatic N) is 1. The van der Waals surface area contributed by atoms with Crippen LogP contribution in [0.5, 0.6) is 0 Å². The molecule has 1 aliphatic carbocycles. The van der Waals surface area contributed by atoms with Crippen LogP contribution in [-0.2, 0) is 5.41 Å². The first-order valence-corrected chi connectivity index (χ1v) is 14.7. The fraction of sp³-hybridized carbons (Fsp3) is 0.286. The first kappa shape index (κ1) is 29.3. The number of fused-ring (bicyclic) bond motifs is 1. The Labute approximate surface area is 251 Å². The number of imidazole rings is 1. The highest BCUT2D eigenvalue weighted by Crippen LogP contribution is 2.47. The van der Waals surface area contributed by atoms with Crippen LogP contribution in [0.1, 0.15) is 87.1 Å². The van der Waals surface area contributed by atoms with E-state index in [0.717, 1.165) is 46.1 Å². The summed E-state index contributed by atoms with van der Waals surface area (Å²) >= 11 is 6.95. The molecule has 6 nitrogen and oxygen atoms in total. The summed E-state index contributed by atoms with van der Waals surface area (Å²) in [6.45, 7) is 10.2. The Balaban J connectivity index is 1.54. The maximum Gasteiger partial charge on any atom is 0.336 e. The van der Waals surface area contributed by atoms with Crippen molar-refractivity contribution in [3.8, 4) is 0 Å². The summed E-state index contributed by atoms with van der Waals surface area (Å²) in [4.78, 5) is 34.5. The van der Waals surface area contributed by atoms with Crippen molar-refractivity contribution < 1.29 is 14.7 Å². The van der Waals surface area contributed by atoms with E-state index < -0.39 is 16.8 Å². The number of carboxylic acid groups (broad SMARTS) is 1. The molecule has 2 unspecified atom stereocenters. The van der Waals surface area contributed by atoms with Gasteiger partial charge in [-0.3, -0.25) is 4.79 Å². The lowest BCUT2D eigenvalue weighted by Gasteiger charge is -2.38. The maximum absolute atomic E-state index is 13.6. The Kier molecular flexibility index (Phi) is 8.11. The number of rotatable bonds is 8. The Morgan fingerprint density at radius 2 is 1.81 bits per heavy atom. The molecule has 0 fully saturated rings. The van der Waals surface area contributed by atoms with E-state index in [4.69, 9.17) is 16.6 Å². The number of carbonyl (C=O) groups is 2. The lowest BCUT2D eigenvalue weighted by molar-refractivity contribution is 0.0694. The van der Waals surface area contributed by atoms with E-state index in [1.807, 2.05) is 49.4 Å². The summed E-state index contributed by atoms with van der Waals surface area (Å²) in [6.07, 6.45) is 7.29. The third-order valence-corrected chi connectivity index (χ3v) is 8.92. The number of aromatic carboxylic acids is 1. The van der Waals surface area contributed by atoms with Gasteiger partial charge in [0.1, 0.15) is 5.82 Å². The number of benzene rings is 3. The predicted octanol–water partition coefficient (Wildman–Crippen LogP) is 7.98. The Bertz CT molecular complexity index is 1700. The molecule has 42 heavy (non-hydrogen) atoms. The number of H-pyrrole nitrogens is 1. The smallest absolute Gasteiger partial charge is 0.336 e. The quantitative estimate of drug-likeness (QED) is 0.184. The normalized spacial score (nSPS) is 19.0. The van der Waals surface area contributed by atoms with Gasteiger partial charge in [-0.05, 0) is 80.6 Å². The van der Waals surface area contributed by atoms with Gasteiger partial charge >= 0.3 is 5.97 Å². The number of para-hydroxylation sites is 2. The molecule has 0 saturated carbocycles. The van der Waals surface area contributed by atoms with E-state index in [1.54, 1.807) is 12.1 Å². The van der Waals surface area contributed by atoms with Crippen molar-refractivity contribution in [2.75, 3.05) is 0 Å². The van der Waals surface area contributed by atoms with Gasteiger partial charge in [-0.15, -0.1) is 11.6 Å². The second-order valence-electron chi connectivity index (χ2n) is 11.4. The van der Waals surface area contributed by atoms with Crippen LogP contribution in [0, 0.1) is 20.8 Å². The van der Waals surface area contributed by atoms with E-state index in [2.05, 4.69) is 50.1 Å². The minimum Gasteiger partial charge on any atom is -0.478 e. The highest BCUT2D eigenvalue weighted by molar-refractivity contribution is 6.24. The number of carbonyl (C=O) groups excluding carboxylic acids is 1. The number of hydrogen-bond donors (Lipinski definition) is 3. The molecule has 1 aromatic heterocycles. The second-order valence-corrected chi connectivity index (χ2v) is 11.8. The van der Waals surface area contributed by atoms with Crippen LogP contribution < -0.4 is 5.32 Å². The zero-order valence-corrected chi connectivity index (χ0v) is 25.3. The number of nitrogens with one attached hydrogen (secondary N) is 2. The van der Waals surface area contributed by atoms with Crippen LogP contribution in [0.25, 0.3) is 16.6 Å². The second kappa shape index (κ2) is 11.6. The van der Waals surface area contributed by atoms with Crippen LogP contribution in [0.4, 0.5) is 0 Å². The summed E-state index contributed by atoms with van der Waals surface area (Å²) in [5, 5.41) is 13.0. The molecule has 3 atom stereocenters. The number of carboxylic acids is 1. The molecule has 3 aromatic carbocycles. The third-order valence-electron chi connectivity index (χ3n) is 8.34. The molecule has 7 heteroatoms. The Morgan fingerprint density at radius 3 is 2.48 bits per heavy atom. The minimum atomic E-state index is -1.13. The summed E-state index contributed by atoms with van der Waals surface area (Å²) in [6, 6.07) is 16.7. The molecule has 1 aliphatic rings. The van der Waals surface area contributed by atoms with Gasteiger partial charge in [-0.25, -0.2) is 9.78 Å². The van der Waals surface area contributed by atoms with Gasteiger partial charge in [0, 0.05) is 16.6 Å². The molecule has 1 amide bonds. The first-order valence-electron chi connectivity index (χ1n) is 14.3. The van der Waals surface area contributed by atoms with Gasteiger partial charge in [-0.1, -0.05) is 67.5 Å². The van der Waals surface area contributed by atoms with Gasteiger partial charge < -0.3 is 15.4 Å². The lowest BCUT2D eigenvalue weighted by Crippen LogP contribution is -2.37. The number of halogens is 1. The minimum absolute atomic E-state index is 0.0304. The van der Waals surface area contributed by atoms with Gasteiger partial charge in [0.2, 0.25) is 0 Å². The molecule has 0 aliphatic heterocycles. The van der Waals surface area contributed by atoms with E-state index in [9.17, 15) is 14.7 Å². The van der Waals surface area contributed by atoms with Crippen LogP contribution >= 0.6 is 11.6 Å². The predicted molar refractivity (Wildman–Crippen MR) is 169 cm³/mol. The molecule has 3 N–H and O–H groups in total. The van der Waals surface area contributed by atoms with Crippen molar-refractivity contribution in [1.82, 2.24) is 15.3 Å². The average Bonchev–Trinajstić information content (AvgIpc) is 3.37. The molecular formula is C35H36ClN3O3. The highest BCUT2D eigenvalue weighted by atomic mass is 35.5. The zero-order valence-electron chi connectivity index (χ0n) is 24.6. The number of aromatic amines is 1. The largest absolute Gasteiger partial charge is 0.478 e. The summed E-state index contributed by atoms with van der Waals surface area (Å²) in [7, 11) is 0. The number of aryl methyl sites for hydroxylation is 3. The average molecular weight is 582 g/mol. The molecule has 216 valence electrons. The summed E-state index contributed by atoms with van der Waals surface area (Å²) in [5.74, 6) is -0.817. The fourth-order valence-electron chi connectivity index (χ4n) is 6.34. The number of aromatic nitrogens is 2. The molecular weight excluding hydrogens is 546 g/mol. The van der Waals surface area contributed by atoms with Crippen molar-refractivity contribution >= 4 is 40.1 Å². The fourth-order valence-corrected chi connectivity index (χ4v) is 6.66. The van der Waals surface area contributed by atoms with Crippen LogP contribution in [-0.4, -0.2) is 32.3 Å². The standard InChI is InChI=1S/C35H36ClN3O3/c1-6-10-29(31-21(3)17-20(2)18-22(31)4)39-33(40)23-15-16-25(24(19-23)34(41)42)35(5)26(11-9-14-30(35)36)32-37-27-12-7-8-13-28(27)38-32/h7-9,11-19,29-30H,6,10H2,1-5H3,(H,37,38)(H,39,40)(H,41,42)/t29?,30-,35?/m0/s1. The molecule has 4 aromatic rings. The van der Waals surface area contributed by atoms with Crippen molar-refractivity contribution in [1.29, 1.82) is 0 Å². The van der Waals surface area contributed by atoms with Crippen molar-refractivity contribution in [2.24, 2.45) is 0 Å². The first-order chi connectivity index (χ1) is 20.0. The van der Waals surface area contributed by atoms with Gasteiger partial charge in [0.15, 0.2) is 0 Å². The van der Waals surface area contributed by atoms with Crippen molar-refractivity contribution in [3.63, 3.8) is 0 Å². The molecule has 0 radical (unpaired) electrons. The molecule has 0 spiro atoms. The van der Waals surface area contributed by atoms with Crippen LogP contribution in [0.3, 0.4) is 0 Å². The van der Waals surface area contributed by atoms with Crippen molar-refractivity contribution in [3.05, 3.63) is 118 Å². The Hall–Kier alpha value is -4.16. The van der Waals surface area contributed by atoms with E-state index >= 15 is 0 Å². The van der Waals surface area contributed by atoms with Gasteiger partial charge in [0.05, 0.1) is 28.0 Å². The van der Waals surface area contributed by atoms with E-state index in [1.165, 1.54) is 11.6 Å². The third kappa shape index (κ3) is 5.27. The molecule has 0 bridgehead atoms. The van der Waals surface area contributed by atoms with Crippen molar-refractivity contribution in [2.45, 2.75) is 64.3 Å².